The number of carbonyl (C=O) groups excluding carboxylic acids is 2. The highest BCUT2D eigenvalue weighted by Gasteiger charge is 2.50. The van der Waals surface area contributed by atoms with Gasteiger partial charge < -0.3 is 4.74 Å². The number of cyclic esters (lactones) is 1. The number of ketones is 1. The van der Waals surface area contributed by atoms with Gasteiger partial charge in [0.2, 0.25) is 0 Å². The Labute approximate surface area is 107 Å². The zero-order valence-electron chi connectivity index (χ0n) is 11.0. The first-order valence-electron chi connectivity index (χ1n) is 6.28. The fourth-order valence-electron chi connectivity index (χ4n) is 2.39. The third-order valence-electron chi connectivity index (χ3n) is 3.63. The molecule has 0 spiro atoms. The van der Waals surface area contributed by atoms with E-state index < -0.39 is 17.5 Å². The maximum absolute atomic E-state index is 12.4. The van der Waals surface area contributed by atoms with E-state index in [1.807, 2.05) is 37.3 Å². The molecular weight excluding hydrogens is 228 g/mol. The van der Waals surface area contributed by atoms with Crippen molar-refractivity contribution in [3.05, 3.63) is 35.9 Å². The Morgan fingerprint density at radius 1 is 1.17 bits per heavy atom. The van der Waals surface area contributed by atoms with Crippen LogP contribution in [0.1, 0.15) is 38.9 Å². The zero-order chi connectivity index (χ0) is 13.3. The fraction of sp³-hybridized carbons (Fsp3) is 0.467. The molecule has 1 saturated heterocycles. The summed E-state index contributed by atoms with van der Waals surface area (Å²) in [5.41, 5.74) is -0.132. The van der Waals surface area contributed by atoms with Crippen LogP contribution in [0.15, 0.2) is 30.3 Å². The lowest BCUT2D eigenvalue weighted by Crippen LogP contribution is -2.47. The molecule has 0 amide bonds. The van der Waals surface area contributed by atoms with Crippen molar-refractivity contribution in [1.82, 2.24) is 0 Å². The van der Waals surface area contributed by atoms with Crippen LogP contribution in [0.25, 0.3) is 0 Å². The summed E-state index contributed by atoms with van der Waals surface area (Å²) in [7, 11) is 0. The van der Waals surface area contributed by atoms with E-state index in [1.54, 1.807) is 13.8 Å². The standard InChI is InChI=1S/C15H18O3/c1-4-11-12(10-8-6-5-7-9-10)18-14(17)15(2,3)13(11)16/h5-9,11-12H,4H2,1-3H3. The molecule has 1 heterocycles. The number of hydrogen-bond donors (Lipinski definition) is 0. The van der Waals surface area contributed by atoms with Crippen LogP contribution in [-0.4, -0.2) is 11.8 Å². The smallest absolute Gasteiger partial charge is 0.319 e. The minimum atomic E-state index is -1.02. The van der Waals surface area contributed by atoms with Crippen LogP contribution < -0.4 is 0 Å². The predicted octanol–water partition coefficient (Wildman–Crippen LogP) is 2.91. The van der Waals surface area contributed by atoms with Crippen LogP contribution in [0.3, 0.4) is 0 Å². The topological polar surface area (TPSA) is 43.4 Å². The highest BCUT2D eigenvalue weighted by atomic mass is 16.5. The van der Waals surface area contributed by atoms with E-state index in [0.717, 1.165) is 5.56 Å². The Kier molecular flexibility index (Phi) is 3.24. The normalized spacial score (nSPS) is 26.8. The predicted molar refractivity (Wildman–Crippen MR) is 67.8 cm³/mol. The third kappa shape index (κ3) is 1.94. The van der Waals surface area contributed by atoms with Gasteiger partial charge in [-0.3, -0.25) is 9.59 Å². The minimum Gasteiger partial charge on any atom is -0.456 e. The van der Waals surface area contributed by atoms with Crippen molar-refractivity contribution < 1.29 is 14.3 Å². The maximum Gasteiger partial charge on any atom is 0.319 e. The van der Waals surface area contributed by atoms with E-state index in [9.17, 15) is 9.59 Å². The number of esters is 1. The van der Waals surface area contributed by atoms with Crippen molar-refractivity contribution in [2.24, 2.45) is 11.3 Å². The van der Waals surface area contributed by atoms with Crippen LogP contribution in [0.2, 0.25) is 0 Å². The minimum absolute atomic E-state index is 0.0184. The number of carbonyl (C=O) groups is 2. The Balaban J connectivity index is 2.38. The van der Waals surface area contributed by atoms with E-state index in [-0.39, 0.29) is 11.7 Å². The third-order valence-corrected chi connectivity index (χ3v) is 3.63. The highest BCUT2D eigenvalue weighted by molar-refractivity contribution is 6.06. The number of benzene rings is 1. The lowest BCUT2D eigenvalue weighted by Gasteiger charge is -2.37. The quantitative estimate of drug-likeness (QED) is 0.595. The molecular formula is C15H18O3. The molecule has 2 unspecified atom stereocenters. The number of Topliss-reactive ketones (excluding diaryl/α,β-unsaturated/α-hetero) is 1. The van der Waals surface area contributed by atoms with Crippen molar-refractivity contribution in [2.75, 3.05) is 0 Å². The van der Waals surface area contributed by atoms with Gasteiger partial charge in [-0.25, -0.2) is 0 Å². The second kappa shape index (κ2) is 4.56. The molecule has 3 heteroatoms. The average molecular weight is 246 g/mol. The van der Waals surface area contributed by atoms with Crippen LogP contribution in [0.4, 0.5) is 0 Å². The monoisotopic (exact) mass is 246 g/mol. The van der Waals surface area contributed by atoms with Crippen LogP contribution in [0.5, 0.6) is 0 Å². The zero-order valence-corrected chi connectivity index (χ0v) is 11.0. The van der Waals surface area contributed by atoms with Crippen molar-refractivity contribution in [3.63, 3.8) is 0 Å². The first-order chi connectivity index (χ1) is 8.48. The molecule has 0 aromatic heterocycles. The molecule has 1 fully saturated rings. The van der Waals surface area contributed by atoms with E-state index in [4.69, 9.17) is 4.74 Å². The van der Waals surface area contributed by atoms with Crippen LogP contribution >= 0.6 is 0 Å². The van der Waals surface area contributed by atoms with Gasteiger partial charge in [0, 0.05) is 0 Å². The summed E-state index contributed by atoms with van der Waals surface area (Å²) in [4.78, 5) is 24.3. The van der Waals surface area contributed by atoms with Gasteiger partial charge in [-0.15, -0.1) is 0 Å². The van der Waals surface area contributed by atoms with E-state index in [1.165, 1.54) is 0 Å². The summed E-state index contributed by atoms with van der Waals surface area (Å²) in [5.74, 6) is -0.693. The molecule has 1 aromatic rings. The Hall–Kier alpha value is -1.64. The molecule has 2 atom stereocenters. The first-order valence-corrected chi connectivity index (χ1v) is 6.28. The maximum atomic E-state index is 12.4. The van der Waals surface area contributed by atoms with Gasteiger partial charge in [-0.05, 0) is 25.8 Å². The van der Waals surface area contributed by atoms with E-state index in [2.05, 4.69) is 0 Å². The van der Waals surface area contributed by atoms with Crippen LogP contribution in [0, 0.1) is 11.3 Å². The SMILES string of the molecule is CCC1C(=O)C(C)(C)C(=O)OC1c1ccccc1. The second-order valence-electron chi connectivity index (χ2n) is 5.24. The van der Waals surface area contributed by atoms with Crippen molar-refractivity contribution >= 4 is 11.8 Å². The molecule has 0 bridgehead atoms. The second-order valence-corrected chi connectivity index (χ2v) is 5.24. The molecule has 96 valence electrons. The molecule has 2 rings (SSSR count). The lowest BCUT2D eigenvalue weighted by atomic mass is 9.74. The molecule has 1 aliphatic heterocycles. The van der Waals surface area contributed by atoms with Crippen molar-refractivity contribution in [1.29, 1.82) is 0 Å². The molecule has 0 radical (unpaired) electrons. The number of rotatable bonds is 2. The Morgan fingerprint density at radius 2 is 1.78 bits per heavy atom. The van der Waals surface area contributed by atoms with E-state index in [0.29, 0.717) is 6.42 Å². The Morgan fingerprint density at radius 3 is 2.33 bits per heavy atom. The first kappa shape index (κ1) is 12.8. The van der Waals surface area contributed by atoms with Gasteiger partial charge in [0.1, 0.15) is 11.5 Å². The van der Waals surface area contributed by atoms with Gasteiger partial charge >= 0.3 is 5.97 Å². The molecule has 3 nitrogen and oxygen atoms in total. The number of hydrogen-bond acceptors (Lipinski definition) is 3. The Bertz CT molecular complexity index is 462. The summed E-state index contributed by atoms with van der Waals surface area (Å²) >= 11 is 0. The summed E-state index contributed by atoms with van der Waals surface area (Å²) in [5, 5.41) is 0. The van der Waals surface area contributed by atoms with Gasteiger partial charge in [0.15, 0.2) is 5.78 Å². The fourth-order valence-corrected chi connectivity index (χ4v) is 2.39. The molecule has 0 aliphatic carbocycles. The largest absolute Gasteiger partial charge is 0.456 e. The molecule has 0 saturated carbocycles. The van der Waals surface area contributed by atoms with Gasteiger partial charge in [0.05, 0.1) is 5.92 Å². The molecule has 18 heavy (non-hydrogen) atoms. The molecule has 1 aromatic carbocycles. The number of ether oxygens (including phenoxy) is 1. The van der Waals surface area contributed by atoms with E-state index >= 15 is 0 Å². The highest BCUT2D eigenvalue weighted by Crippen LogP contribution is 2.41. The lowest BCUT2D eigenvalue weighted by molar-refractivity contribution is -0.179. The summed E-state index contributed by atoms with van der Waals surface area (Å²) in [6.45, 7) is 5.23. The summed E-state index contributed by atoms with van der Waals surface area (Å²) < 4.78 is 5.50. The molecule has 1 aliphatic rings. The van der Waals surface area contributed by atoms with Crippen molar-refractivity contribution in [3.8, 4) is 0 Å². The van der Waals surface area contributed by atoms with Gasteiger partial charge in [-0.2, -0.15) is 0 Å². The molecule has 0 N–H and O–H groups in total. The van der Waals surface area contributed by atoms with Crippen molar-refractivity contribution in [2.45, 2.75) is 33.3 Å². The van der Waals surface area contributed by atoms with Crippen LogP contribution in [-0.2, 0) is 14.3 Å². The van der Waals surface area contributed by atoms with Gasteiger partial charge in [0.25, 0.3) is 0 Å². The average Bonchev–Trinajstić information content (AvgIpc) is 2.37. The summed E-state index contributed by atoms with van der Waals surface area (Å²) in [6, 6.07) is 9.47. The van der Waals surface area contributed by atoms with Gasteiger partial charge in [-0.1, -0.05) is 37.3 Å². The summed E-state index contributed by atoms with van der Waals surface area (Å²) in [6.07, 6.45) is 0.235.